The third-order valence-electron chi connectivity index (χ3n) is 3.78. The van der Waals surface area contributed by atoms with Gasteiger partial charge < -0.3 is 14.8 Å². The molecular weight excluding hydrogens is 352 g/mol. The van der Waals surface area contributed by atoms with Crippen LogP contribution >= 0.6 is 0 Å². The highest BCUT2D eigenvalue weighted by molar-refractivity contribution is 5.97. The molecule has 0 aliphatic carbocycles. The van der Waals surface area contributed by atoms with Gasteiger partial charge in [0.15, 0.2) is 0 Å². The Morgan fingerprint density at radius 1 is 1.15 bits per heavy atom. The van der Waals surface area contributed by atoms with E-state index < -0.39 is 16.8 Å². The van der Waals surface area contributed by atoms with E-state index in [2.05, 4.69) is 5.32 Å². The Bertz CT molecular complexity index is 833. The fourth-order valence-electron chi connectivity index (χ4n) is 2.40. The van der Waals surface area contributed by atoms with Crippen LogP contribution in [-0.2, 0) is 16.0 Å². The summed E-state index contributed by atoms with van der Waals surface area (Å²) in [5.41, 5.74) is 0.736. The summed E-state index contributed by atoms with van der Waals surface area (Å²) < 4.78 is 9.96. The second-order valence-corrected chi connectivity index (χ2v) is 5.61. The van der Waals surface area contributed by atoms with Crippen LogP contribution in [0.15, 0.2) is 42.5 Å². The Morgan fingerprint density at radius 2 is 1.85 bits per heavy atom. The molecule has 0 aliphatic rings. The average molecular weight is 372 g/mol. The zero-order chi connectivity index (χ0) is 19.8. The normalized spacial score (nSPS) is 10.1. The maximum absolute atomic E-state index is 12.2. The van der Waals surface area contributed by atoms with Gasteiger partial charge in [0.25, 0.3) is 5.69 Å². The number of nitro groups is 1. The molecular formula is C19H20N2O6. The van der Waals surface area contributed by atoms with E-state index in [9.17, 15) is 19.7 Å². The molecule has 0 saturated carbocycles. The number of methoxy groups -OCH3 is 1. The zero-order valence-electron chi connectivity index (χ0n) is 15.1. The fraction of sp³-hybridized carbons (Fsp3) is 0.263. The highest BCUT2D eigenvalue weighted by Gasteiger charge is 2.19. The number of rotatable bonds is 8. The zero-order valence-corrected chi connectivity index (χ0v) is 15.1. The number of aryl methyl sites for hydroxylation is 1. The van der Waals surface area contributed by atoms with Gasteiger partial charge in [0.05, 0.1) is 24.2 Å². The maximum Gasteiger partial charge on any atom is 0.338 e. The van der Waals surface area contributed by atoms with Crippen molar-refractivity contribution in [2.45, 2.75) is 19.8 Å². The van der Waals surface area contributed by atoms with Gasteiger partial charge in [-0.3, -0.25) is 14.9 Å². The molecule has 142 valence electrons. The lowest BCUT2D eigenvalue weighted by molar-refractivity contribution is -0.383. The smallest absolute Gasteiger partial charge is 0.338 e. The van der Waals surface area contributed by atoms with E-state index in [-0.39, 0.29) is 30.0 Å². The molecule has 2 aromatic rings. The number of esters is 1. The number of carbonyl (C=O) groups is 2. The molecule has 2 aromatic carbocycles. The topological polar surface area (TPSA) is 108 Å². The lowest BCUT2D eigenvalue weighted by Crippen LogP contribution is -2.14. The van der Waals surface area contributed by atoms with Gasteiger partial charge >= 0.3 is 5.97 Å². The Hall–Kier alpha value is -3.42. The van der Waals surface area contributed by atoms with Crippen LogP contribution in [0.3, 0.4) is 0 Å². The number of nitrogens with zero attached hydrogens (tertiary/aromatic N) is 1. The molecule has 8 heteroatoms. The van der Waals surface area contributed by atoms with Crippen molar-refractivity contribution in [3.63, 3.8) is 0 Å². The Labute approximate surface area is 156 Å². The summed E-state index contributed by atoms with van der Waals surface area (Å²) >= 11 is 0. The molecule has 27 heavy (non-hydrogen) atoms. The molecule has 0 saturated heterocycles. The summed E-state index contributed by atoms with van der Waals surface area (Å²) in [6, 6.07) is 11.0. The Kier molecular flexibility index (Phi) is 6.87. The van der Waals surface area contributed by atoms with Gasteiger partial charge in [-0.1, -0.05) is 12.1 Å². The monoisotopic (exact) mass is 372 g/mol. The largest absolute Gasteiger partial charge is 0.497 e. The molecule has 0 unspecified atom stereocenters. The predicted octanol–water partition coefficient (Wildman–Crippen LogP) is 3.35. The molecule has 0 bridgehead atoms. The van der Waals surface area contributed by atoms with E-state index >= 15 is 0 Å². The first-order valence-corrected chi connectivity index (χ1v) is 8.33. The summed E-state index contributed by atoms with van der Waals surface area (Å²) in [4.78, 5) is 34.6. The van der Waals surface area contributed by atoms with E-state index in [1.54, 1.807) is 26.2 Å². The number of hydrogen-bond donors (Lipinski definition) is 1. The van der Waals surface area contributed by atoms with Crippen molar-refractivity contribution in [3.8, 4) is 5.75 Å². The second kappa shape index (κ2) is 9.33. The van der Waals surface area contributed by atoms with Crippen LogP contribution in [-0.4, -0.2) is 30.5 Å². The van der Waals surface area contributed by atoms with Crippen molar-refractivity contribution in [1.29, 1.82) is 0 Å². The average Bonchev–Trinajstić information content (AvgIpc) is 2.66. The van der Waals surface area contributed by atoms with Crippen LogP contribution in [0, 0.1) is 10.1 Å². The number of hydrogen-bond acceptors (Lipinski definition) is 6. The first kappa shape index (κ1) is 19.9. The molecule has 8 nitrogen and oxygen atoms in total. The first-order valence-electron chi connectivity index (χ1n) is 8.33. The quantitative estimate of drug-likeness (QED) is 0.432. The van der Waals surface area contributed by atoms with E-state index in [4.69, 9.17) is 9.47 Å². The molecule has 0 fully saturated rings. The number of nitro benzene ring substituents is 1. The van der Waals surface area contributed by atoms with Crippen molar-refractivity contribution in [3.05, 3.63) is 63.7 Å². The summed E-state index contributed by atoms with van der Waals surface area (Å²) in [6.07, 6.45) is 0.592. The Balaban J connectivity index is 2.08. The summed E-state index contributed by atoms with van der Waals surface area (Å²) in [5, 5.41) is 13.7. The number of benzene rings is 2. The number of nitrogens with one attached hydrogen (secondary N) is 1. The van der Waals surface area contributed by atoms with Crippen LogP contribution in [0.25, 0.3) is 0 Å². The number of carbonyl (C=O) groups excluding carboxylic acids is 2. The number of amides is 1. The number of anilines is 1. The fourth-order valence-corrected chi connectivity index (χ4v) is 2.40. The van der Waals surface area contributed by atoms with Crippen LogP contribution < -0.4 is 10.1 Å². The second-order valence-electron chi connectivity index (χ2n) is 5.61. The van der Waals surface area contributed by atoms with E-state index in [1.165, 1.54) is 18.2 Å². The van der Waals surface area contributed by atoms with Gasteiger partial charge in [0.2, 0.25) is 5.91 Å². The summed E-state index contributed by atoms with van der Waals surface area (Å²) in [5.74, 6) is -0.286. The molecule has 2 rings (SSSR count). The van der Waals surface area contributed by atoms with Crippen LogP contribution in [0.5, 0.6) is 5.75 Å². The van der Waals surface area contributed by atoms with Gasteiger partial charge in [-0.25, -0.2) is 4.79 Å². The van der Waals surface area contributed by atoms with Crippen LogP contribution in [0.1, 0.15) is 29.3 Å². The van der Waals surface area contributed by atoms with Gasteiger partial charge in [-0.05, 0) is 43.2 Å². The van der Waals surface area contributed by atoms with Crippen LogP contribution in [0.4, 0.5) is 11.4 Å². The minimum atomic E-state index is -0.617. The standard InChI is InChI=1S/C19H20N2O6/c1-3-27-19(23)14-7-10-17(21(24)25)16(12-14)20-18(22)11-6-13-4-8-15(26-2)9-5-13/h4-5,7-10,12H,3,6,11H2,1-2H3,(H,20,22). The third-order valence-corrected chi connectivity index (χ3v) is 3.78. The van der Waals surface area contributed by atoms with Crippen molar-refractivity contribution < 1.29 is 24.0 Å². The molecule has 0 radical (unpaired) electrons. The van der Waals surface area contributed by atoms with E-state index in [0.29, 0.717) is 6.42 Å². The first-order chi connectivity index (χ1) is 12.9. The van der Waals surface area contributed by atoms with Crippen LogP contribution in [0.2, 0.25) is 0 Å². The van der Waals surface area contributed by atoms with E-state index in [1.807, 2.05) is 12.1 Å². The molecule has 0 heterocycles. The van der Waals surface area contributed by atoms with Gasteiger partial charge in [-0.15, -0.1) is 0 Å². The third kappa shape index (κ3) is 5.53. The van der Waals surface area contributed by atoms with Gasteiger partial charge in [0.1, 0.15) is 11.4 Å². The molecule has 0 atom stereocenters. The van der Waals surface area contributed by atoms with Crippen molar-refractivity contribution in [1.82, 2.24) is 0 Å². The highest BCUT2D eigenvalue weighted by Crippen LogP contribution is 2.26. The Morgan fingerprint density at radius 3 is 2.44 bits per heavy atom. The van der Waals surface area contributed by atoms with Crippen molar-refractivity contribution in [2.24, 2.45) is 0 Å². The van der Waals surface area contributed by atoms with Crippen molar-refractivity contribution in [2.75, 3.05) is 19.0 Å². The number of ether oxygens (including phenoxy) is 2. The minimum absolute atomic E-state index is 0.0368. The van der Waals surface area contributed by atoms with Gasteiger partial charge in [-0.2, -0.15) is 0 Å². The molecule has 1 N–H and O–H groups in total. The molecule has 0 aromatic heterocycles. The van der Waals surface area contributed by atoms with Gasteiger partial charge in [0, 0.05) is 12.5 Å². The highest BCUT2D eigenvalue weighted by atomic mass is 16.6. The minimum Gasteiger partial charge on any atom is -0.497 e. The maximum atomic E-state index is 12.2. The van der Waals surface area contributed by atoms with Crippen molar-refractivity contribution >= 4 is 23.3 Å². The predicted molar refractivity (Wildman–Crippen MR) is 99.0 cm³/mol. The lowest BCUT2D eigenvalue weighted by atomic mass is 10.1. The molecule has 1 amide bonds. The molecule has 0 spiro atoms. The summed E-state index contributed by atoms with van der Waals surface area (Å²) in [6.45, 7) is 1.84. The summed E-state index contributed by atoms with van der Waals surface area (Å²) in [7, 11) is 1.57. The lowest BCUT2D eigenvalue weighted by Gasteiger charge is -2.09. The molecule has 0 aliphatic heterocycles. The van der Waals surface area contributed by atoms with E-state index in [0.717, 1.165) is 11.3 Å². The SMILES string of the molecule is CCOC(=O)c1ccc([N+](=O)[O-])c(NC(=O)CCc2ccc(OC)cc2)c1.